The number of fused-ring (bicyclic) bond motifs is 1. The Bertz CT molecular complexity index is 1110. The summed E-state index contributed by atoms with van der Waals surface area (Å²) in [6.45, 7) is 1.16. The number of hydrogen-bond donors (Lipinski definition) is 2. The molecular formula is C22H20F3N3O6. The van der Waals surface area contributed by atoms with Crippen molar-refractivity contribution in [3.63, 3.8) is 0 Å². The molecule has 0 aromatic heterocycles. The lowest BCUT2D eigenvalue weighted by Crippen LogP contribution is -2.46. The van der Waals surface area contributed by atoms with Crippen molar-refractivity contribution in [3.05, 3.63) is 54.1 Å². The average molecular weight is 479 g/mol. The number of halogens is 3. The fourth-order valence-electron chi connectivity index (χ4n) is 3.62. The largest absolute Gasteiger partial charge is 0.573 e. The molecule has 2 aromatic rings. The lowest BCUT2D eigenvalue weighted by Gasteiger charge is -2.26. The third-order valence-corrected chi connectivity index (χ3v) is 5.34. The molecule has 12 heteroatoms. The van der Waals surface area contributed by atoms with Crippen LogP contribution in [-0.4, -0.2) is 54.9 Å². The van der Waals surface area contributed by atoms with Crippen LogP contribution < -0.4 is 24.8 Å². The third-order valence-electron chi connectivity index (χ3n) is 5.34. The van der Waals surface area contributed by atoms with Crippen LogP contribution in [0.2, 0.25) is 0 Å². The van der Waals surface area contributed by atoms with Crippen LogP contribution >= 0.6 is 0 Å². The second-order valence-corrected chi connectivity index (χ2v) is 7.82. The number of ether oxygens (including phenoxy) is 3. The van der Waals surface area contributed by atoms with Crippen LogP contribution in [0, 0.1) is 0 Å². The zero-order chi connectivity index (χ0) is 24.5. The van der Waals surface area contributed by atoms with E-state index in [1.54, 1.807) is 24.3 Å². The standard InChI is InChI=1S/C22H20F3N3O6/c1-21(13-6-8-14(9-7-13)34-22(23,24)25)19(30)28(20(31)27-21)11-18(29)26-10-15-12-32-16-4-2-3-5-17(16)33-15/h2-9,15H,10-12H2,1H3,(H,26,29)(H,27,31). The molecule has 1 saturated heterocycles. The summed E-state index contributed by atoms with van der Waals surface area (Å²) in [5, 5.41) is 5.09. The van der Waals surface area contributed by atoms with Crippen molar-refractivity contribution < 1.29 is 41.8 Å². The van der Waals surface area contributed by atoms with Crippen molar-refractivity contribution >= 4 is 17.8 Å². The highest BCUT2D eigenvalue weighted by Crippen LogP contribution is 2.32. The monoisotopic (exact) mass is 479 g/mol. The first kappa shape index (κ1) is 23.2. The molecule has 2 aromatic carbocycles. The van der Waals surface area contributed by atoms with Gasteiger partial charge in [-0.05, 0) is 36.8 Å². The summed E-state index contributed by atoms with van der Waals surface area (Å²) in [7, 11) is 0. The Hall–Kier alpha value is -3.96. The summed E-state index contributed by atoms with van der Waals surface area (Å²) < 4.78 is 52.2. The van der Waals surface area contributed by atoms with Crippen LogP contribution in [0.1, 0.15) is 12.5 Å². The Balaban J connectivity index is 1.35. The number of hydrogen-bond acceptors (Lipinski definition) is 6. The molecule has 180 valence electrons. The Morgan fingerprint density at radius 2 is 1.85 bits per heavy atom. The van der Waals surface area contributed by atoms with Crippen LogP contribution in [0.25, 0.3) is 0 Å². The molecule has 0 spiro atoms. The van der Waals surface area contributed by atoms with Crippen LogP contribution in [0.3, 0.4) is 0 Å². The summed E-state index contributed by atoms with van der Waals surface area (Å²) in [5.74, 6) is -0.636. The van der Waals surface area contributed by atoms with Gasteiger partial charge in [-0.2, -0.15) is 0 Å². The first-order valence-corrected chi connectivity index (χ1v) is 10.2. The summed E-state index contributed by atoms with van der Waals surface area (Å²) in [6, 6.07) is 10.8. The topological polar surface area (TPSA) is 106 Å². The van der Waals surface area contributed by atoms with Gasteiger partial charge in [0.2, 0.25) is 5.91 Å². The number of para-hydroxylation sites is 2. The number of urea groups is 1. The molecule has 2 aliphatic rings. The number of imide groups is 1. The van der Waals surface area contributed by atoms with E-state index in [0.29, 0.717) is 11.5 Å². The number of carbonyl (C=O) groups excluding carboxylic acids is 3. The van der Waals surface area contributed by atoms with Gasteiger partial charge < -0.3 is 24.8 Å². The molecule has 0 bridgehead atoms. The molecular weight excluding hydrogens is 459 g/mol. The molecule has 9 nitrogen and oxygen atoms in total. The van der Waals surface area contributed by atoms with Crippen molar-refractivity contribution in [2.24, 2.45) is 0 Å². The maximum absolute atomic E-state index is 12.9. The highest BCUT2D eigenvalue weighted by atomic mass is 19.4. The Kier molecular flexibility index (Phi) is 5.98. The van der Waals surface area contributed by atoms with Gasteiger partial charge in [0.25, 0.3) is 5.91 Å². The van der Waals surface area contributed by atoms with E-state index in [4.69, 9.17) is 9.47 Å². The van der Waals surface area contributed by atoms with Crippen LogP contribution in [0.15, 0.2) is 48.5 Å². The molecule has 2 unspecified atom stereocenters. The minimum absolute atomic E-state index is 0.0920. The number of amides is 4. The van der Waals surface area contributed by atoms with Crippen LogP contribution in [-0.2, 0) is 15.1 Å². The molecule has 0 aliphatic carbocycles. The first-order chi connectivity index (χ1) is 16.0. The molecule has 34 heavy (non-hydrogen) atoms. The molecule has 2 aliphatic heterocycles. The second-order valence-electron chi connectivity index (χ2n) is 7.82. The zero-order valence-corrected chi connectivity index (χ0v) is 17.8. The fourth-order valence-corrected chi connectivity index (χ4v) is 3.62. The Morgan fingerprint density at radius 3 is 2.53 bits per heavy atom. The van der Waals surface area contributed by atoms with E-state index in [1.165, 1.54) is 19.1 Å². The molecule has 4 rings (SSSR count). The van der Waals surface area contributed by atoms with Gasteiger partial charge in [0.15, 0.2) is 11.5 Å². The van der Waals surface area contributed by atoms with E-state index < -0.39 is 48.1 Å². The Morgan fingerprint density at radius 1 is 1.18 bits per heavy atom. The summed E-state index contributed by atoms with van der Waals surface area (Å²) in [6.07, 6.45) is -5.31. The van der Waals surface area contributed by atoms with Gasteiger partial charge in [0, 0.05) is 0 Å². The molecule has 4 amide bonds. The lowest BCUT2D eigenvalue weighted by atomic mass is 9.92. The highest BCUT2D eigenvalue weighted by molar-refractivity contribution is 6.09. The maximum atomic E-state index is 12.9. The van der Waals surface area contributed by atoms with Crippen molar-refractivity contribution in [1.29, 1.82) is 0 Å². The number of alkyl halides is 3. The van der Waals surface area contributed by atoms with Gasteiger partial charge in [-0.15, -0.1) is 13.2 Å². The number of benzene rings is 2. The van der Waals surface area contributed by atoms with Crippen LogP contribution in [0.4, 0.5) is 18.0 Å². The van der Waals surface area contributed by atoms with E-state index in [0.717, 1.165) is 17.0 Å². The highest BCUT2D eigenvalue weighted by Gasteiger charge is 2.49. The van der Waals surface area contributed by atoms with Crippen molar-refractivity contribution in [2.45, 2.75) is 24.9 Å². The number of rotatable bonds is 6. The van der Waals surface area contributed by atoms with Crippen molar-refractivity contribution in [1.82, 2.24) is 15.5 Å². The van der Waals surface area contributed by atoms with E-state index in [2.05, 4.69) is 15.4 Å². The summed E-state index contributed by atoms with van der Waals surface area (Å²) >= 11 is 0. The lowest BCUT2D eigenvalue weighted by molar-refractivity contribution is -0.274. The van der Waals surface area contributed by atoms with Crippen molar-refractivity contribution in [3.8, 4) is 17.2 Å². The maximum Gasteiger partial charge on any atom is 0.573 e. The van der Waals surface area contributed by atoms with E-state index in [-0.39, 0.29) is 18.7 Å². The van der Waals surface area contributed by atoms with Gasteiger partial charge in [0.1, 0.15) is 30.5 Å². The first-order valence-electron chi connectivity index (χ1n) is 10.2. The predicted octanol–water partition coefficient (Wildman–Crippen LogP) is 2.31. The third kappa shape index (κ3) is 4.85. The molecule has 1 fully saturated rings. The van der Waals surface area contributed by atoms with Gasteiger partial charge in [-0.1, -0.05) is 24.3 Å². The van der Waals surface area contributed by atoms with E-state index in [9.17, 15) is 27.6 Å². The number of nitrogens with one attached hydrogen (secondary N) is 2. The van der Waals surface area contributed by atoms with Crippen LogP contribution in [0.5, 0.6) is 17.2 Å². The predicted molar refractivity (Wildman–Crippen MR) is 110 cm³/mol. The van der Waals surface area contributed by atoms with Gasteiger partial charge in [0.05, 0.1) is 6.54 Å². The van der Waals surface area contributed by atoms with Crippen molar-refractivity contribution in [2.75, 3.05) is 19.7 Å². The molecule has 2 atom stereocenters. The van der Waals surface area contributed by atoms with Gasteiger partial charge in [-0.3, -0.25) is 14.5 Å². The fraction of sp³-hybridized carbons (Fsp3) is 0.318. The normalized spacial score (nSPS) is 21.8. The molecule has 2 N–H and O–H groups in total. The molecule has 2 heterocycles. The average Bonchev–Trinajstić information content (AvgIpc) is 3.00. The Labute approximate surface area is 191 Å². The van der Waals surface area contributed by atoms with Gasteiger partial charge >= 0.3 is 12.4 Å². The zero-order valence-electron chi connectivity index (χ0n) is 17.8. The van der Waals surface area contributed by atoms with E-state index in [1.807, 2.05) is 0 Å². The smallest absolute Gasteiger partial charge is 0.486 e. The minimum Gasteiger partial charge on any atom is -0.486 e. The second kappa shape index (κ2) is 8.76. The molecule has 0 saturated carbocycles. The van der Waals surface area contributed by atoms with Gasteiger partial charge in [-0.25, -0.2) is 4.79 Å². The summed E-state index contributed by atoms with van der Waals surface area (Å²) in [4.78, 5) is 38.5. The quantitative estimate of drug-likeness (QED) is 0.616. The SMILES string of the molecule is CC1(c2ccc(OC(F)(F)F)cc2)NC(=O)N(CC(=O)NCC2COc3ccccc3O2)C1=O. The number of nitrogens with zero attached hydrogens (tertiary/aromatic N) is 1. The number of carbonyl (C=O) groups is 3. The molecule has 0 radical (unpaired) electrons. The minimum atomic E-state index is -4.86. The van der Waals surface area contributed by atoms with E-state index >= 15 is 0 Å². The summed E-state index contributed by atoms with van der Waals surface area (Å²) in [5.41, 5.74) is -1.33.